The number of rotatable bonds is 2. The van der Waals surface area contributed by atoms with E-state index >= 15 is 0 Å². The lowest BCUT2D eigenvalue weighted by molar-refractivity contribution is 0.561. The summed E-state index contributed by atoms with van der Waals surface area (Å²) in [7, 11) is 0. The van der Waals surface area contributed by atoms with E-state index in [2.05, 4.69) is 9.97 Å². The summed E-state index contributed by atoms with van der Waals surface area (Å²) < 4.78 is 11.4. The normalized spacial score (nSPS) is 11.6. The minimum absolute atomic E-state index is 0.348. The van der Waals surface area contributed by atoms with Crippen molar-refractivity contribution in [2.75, 3.05) is 0 Å². The first-order valence-electron chi connectivity index (χ1n) is 12.2. The molecular weight excluding hydrogens is 476 g/mol. The van der Waals surface area contributed by atoms with E-state index in [9.17, 15) is 9.59 Å². The second-order valence-electron chi connectivity index (χ2n) is 9.39. The van der Waals surface area contributed by atoms with Crippen LogP contribution in [0.1, 0.15) is 11.1 Å². The maximum Gasteiger partial charge on any atom is 0.346 e. The molecule has 3 aromatic heterocycles. The Kier molecular flexibility index (Phi) is 4.78. The van der Waals surface area contributed by atoms with Gasteiger partial charge in [0.15, 0.2) is 0 Å². The van der Waals surface area contributed by atoms with Crippen LogP contribution in [-0.2, 0) is 0 Å². The molecule has 38 heavy (non-hydrogen) atoms. The van der Waals surface area contributed by atoms with Crippen molar-refractivity contribution >= 4 is 43.5 Å². The average molecular weight is 497 g/mol. The number of hydrogen-bond donors (Lipinski definition) is 0. The number of aromatic nitrogens is 2. The molecule has 0 aliphatic heterocycles. The van der Waals surface area contributed by atoms with Gasteiger partial charge < -0.3 is 8.83 Å². The first-order chi connectivity index (χ1) is 18.5. The third-order valence-electron chi connectivity index (χ3n) is 7.26. The van der Waals surface area contributed by atoms with Crippen LogP contribution in [-0.4, -0.2) is 9.97 Å². The Labute approximate surface area is 215 Å². The molecule has 182 valence electrons. The lowest BCUT2D eigenvalue weighted by atomic mass is 9.98. The molecule has 6 heteroatoms. The van der Waals surface area contributed by atoms with Crippen LogP contribution in [0.5, 0.6) is 0 Å². The maximum atomic E-state index is 13.0. The number of hydrogen-bond acceptors (Lipinski definition) is 6. The van der Waals surface area contributed by atoms with Crippen LogP contribution in [0.15, 0.2) is 104 Å². The highest BCUT2D eigenvalue weighted by atomic mass is 16.4. The van der Waals surface area contributed by atoms with Gasteiger partial charge in [-0.1, -0.05) is 60.7 Å². The number of benzene rings is 4. The van der Waals surface area contributed by atoms with E-state index in [0.29, 0.717) is 33.7 Å². The van der Waals surface area contributed by atoms with Gasteiger partial charge in [0, 0.05) is 10.8 Å². The molecule has 4 aromatic carbocycles. The van der Waals surface area contributed by atoms with Crippen molar-refractivity contribution in [3.63, 3.8) is 0 Å². The minimum atomic E-state index is -0.486. The molecule has 0 saturated heterocycles. The van der Waals surface area contributed by atoms with Gasteiger partial charge in [-0.05, 0) is 58.7 Å². The molecule has 0 amide bonds. The number of fused-ring (bicyclic) bond motifs is 6. The first-order valence-corrected chi connectivity index (χ1v) is 12.2. The Hall–Kier alpha value is -5.10. The molecule has 0 spiro atoms. The molecule has 0 aliphatic rings. The van der Waals surface area contributed by atoms with Crippen LogP contribution < -0.4 is 11.3 Å². The van der Waals surface area contributed by atoms with Gasteiger partial charge >= 0.3 is 11.3 Å². The summed E-state index contributed by atoms with van der Waals surface area (Å²) in [6.45, 7) is 3.79. The molecule has 7 rings (SSSR count). The molecular formula is C32H20N2O4. The summed E-state index contributed by atoms with van der Waals surface area (Å²) in [5.41, 5.74) is 3.06. The van der Waals surface area contributed by atoms with E-state index in [1.807, 2.05) is 86.6 Å². The minimum Gasteiger partial charge on any atom is -0.422 e. The fourth-order valence-corrected chi connectivity index (χ4v) is 5.48. The van der Waals surface area contributed by atoms with Gasteiger partial charge in [-0.25, -0.2) is 9.59 Å². The molecule has 0 N–H and O–H groups in total. The summed E-state index contributed by atoms with van der Waals surface area (Å²) in [5.74, 6) is 0. The Balaban J connectivity index is 1.42. The van der Waals surface area contributed by atoms with Crippen LogP contribution in [0, 0.1) is 13.8 Å². The van der Waals surface area contributed by atoms with Crippen molar-refractivity contribution in [2.24, 2.45) is 0 Å². The van der Waals surface area contributed by atoms with Gasteiger partial charge in [0.2, 0.25) is 0 Å². The maximum absolute atomic E-state index is 13.0. The van der Waals surface area contributed by atoms with Gasteiger partial charge in [-0.3, -0.25) is 9.97 Å². The van der Waals surface area contributed by atoms with Crippen molar-refractivity contribution in [1.29, 1.82) is 0 Å². The third-order valence-corrected chi connectivity index (χ3v) is 7.26. The molecule has 0 unspecified atom stereocenters. The topological polar surface area (TPSA) is 86.2 Å². The predicted molar refractivity (Wildman–Crippen MR) is 149 cm³/mol. The van der Waals surface area contributed by atoms with Gasteiger partial charge in [-0.15, -0.1) is 0 Å². The van der Waals surface area contributed by atoms with Crippen molar-refractivity contribution in [3.05, 3.63) is 117 Å². The smallest absolute Gasteiger partial charge is 0.346 e. The summed E-state index contributed by atoms with van der Waals surface area (Å²) >= 11 is 0. The quantitative estimate of drug-likeness (QED) is 0.190. The first kappa shape index (κ1) is 22.1. The summed E-state index contributed by atoms with van der Waals surface area (Å²) in [4.78, 5) is 35.2. The Bertz CT molecular complexity index is 2030. The fraction of sp³-hybridized carbons (Fsp3) is 0.0625. The van der Waals surface area contributed by atoms with Crippen molar-refractivity contribution in [2.45, 2.75) is 13.8 Å². The van der Waals surface area contributed by atoms with E-state index in [4.69, 9.17) is 8.83 Å². The number of aryl methyl sites for hydroxylation is 2. The van der Waals surface area contributed by atoms with Crippen LogP contribution in [0.4, 0.5) is 0 Å². The lowest BCUT2D eigenvalue weighted by Gasteiger charge is -2.11. The largest absolute Gasteiger partial charge is 0.422 e. The second-order valence-corrected chi connectivity index (χ2v) is 9.39. The van der Waals surface area contributed by atoms with E-state index in [-0.39, 0.29) is 0 Å². The SMILES string of the molecule is Cc1c(-c2cnc(-c3c(C)c4c(ccc5ccccc54)oc3=O)cn2)c(=O)oc2ccc3ccccc3c12. The fourth-order valence-electron chi connectivity index (χ4n) is 5.48. The van der Waals surface area contributed by atoms with Crippen molar-refractivity contribution in [1.82, 2.24) is 9.97 Å². The molecule has 0 aliphatic carbocycles. The van der Waals surface area contributed by atoms with Crippen LogP contribution in [0.2, 0.25) is 0 Å². The van der Waals surface area contributed by atoms with E-state index in [1.54, 1.807) is 0 Å². The lowest BCUT2D eigenvalue weighted by Crippen LogP contribution is -2.10. The summed E-state index contributed by atoms with van der Waals surface area (Å²) in [6.07, 6.45) is 3.02. The Morgan fingerprint density at radius 1 is 0.553 bits per heavy atom. The summed E-state index contributed by atoms with van der Waals surface area (Å²) in [6, 6.07) is 23.4. The highest BCUT2D eigenvalue weighted by Gasteiger charge is 2.20. The molecule has 6 nitrogen and oxygen atoms in total. The Morgan fingerprint density at radius 2 is 0.974 bits per heavy atom. The molecule has 0 bridgehead atoms. The monoisotopic (exact) mass is 496 g/mol. The number of nitrogens with zero attached hydrogens (tertiary/aromatic N) is 2. The molecule has 0 radical (unpaired) electrons. The standard InChI is InChI=1S/C32H20N2O4/c1-17-27-21-9-5-3-7-19(21)11-13-25(27)37-31(35)29(17)23-15-34-24(16-33-23)30-18(2)28-22-10-6-4-8-20(22)12-14-26(28)38-32(30)36/h3-16H,1-2H3. The molecule has 7 aromatic rings. The zero-order valence-electron chi connectivity index (χ0n) is 20.6. The predicted octanol–water partition coefficient (Wildman–Crippen LogP) is 6.95. The third kappa shape index (κ3) is 3.20. The van der Waals surface area contributed by atoms with Gasteiger partial charge in [-0.2, -0.15) is 0 Å². The van der Waals surface area contributed by atoms with Crippen LogP contribution in [0.3, 0.4) is 0 Å². The summed E-state index contributed by atoms with van der Waals surface area (Å²) in [5, 5.41) is 5.82. The molecule has 0 fully saturated rings. The van der Waals surface area contributed by atoms with E-state index in [0.717, 1.165) is 43.4 Å². The zero-order valence-corrected chi connectivity index (χ0v) is 20.6. The van der Waals surface area contributed by atoms with E-state index < -0.39 is 11.3 Å². The molecule has 0 saturated carbocycles. The average Bonchev–Trinajstić information content (AvgIpc) is 2.93. The van der Waals surface area contributed by atoms with Gasteiger partial charge in [0.05, 0.1) is 34.9 Å². The highest BCUT2D eigenvalue weighted by Crippen LogP contribution is 2.33. The van der Waals surface area contributed by atoms with Crippen LogP contribution >= 0.6 is 0 Å². The van der Waals surface area contributed by atoms with Crippen molar-refractivity contribution < 1.29 is 8.83 Å². The van der Waals surface area contributed by atoms with Crippen molar-refractivity contribution in [3.8, 4) is 22.5 Å². The zero-order chi connectivity index (χ0) is 26.0. The second kappa shape index (κ2) is 8.21. The molecule has 3 heterocycles. The van der Waals surface area contributed by atoms with Crippen LogP contribution in [0.25, 0.3) is 66.0 Å². The highest BCUT2D eigenvalue weighted by molar-refractivity contribution is 6.09. The van der Waals surface area contributed by atoms with E-state index in [1.165, 1.54) is 12.4 Å². The van der Waals surface area contributed by atoms with Gasteiger partial charge in [0.25, 0.3) is 0 Å². The van der Waals surface area contributed by atoms with Gasteiger partial charge in [0.1, 0.15) is 11.2 Å². The Morgan fingerprint density at radius 3 is 1.39 bits per heavy atom. The molecule has 0 atom stereocenters.